The van der Waals surface area contributed by atoms with E-state index in [9.17, 15) is 13.2 Å². The minimum absolute atomic E-state index is 0.00239. The molecule has 2 heterocycles. The molecule has 4 aromatic rings. The fraction of sp³-hybridized carbons (Fsp3) is 0.130. The van der Waals surface area contributed by atoms with E-state index in [1.807, 2.05) is 48.5 Å². The maximum absolute atomic E-state index is 12.1. The topological polar surface area (TPSA) is 101 Å². The van der Waals surface area contributed by atoms with Gasteiger partial charge in [-0.1, -0.05) is 42.5 Å². The first-order valence-corrected chi connectivity index (χ1v) is 12.3. The Morgan fingerprint density at radius 1 is 1.03 bits per heavy atom. The van der Waals surface area contributed by atoms with Crippen LogP contribution in [0.2, 0.25) is 0 Å². The van der Waals surface area contributed by atoms with E-state index >= 15 is 0 Å². The van der Waals surface area contributed by atoms with Crippen LogP contribution in [0, 0.1) is 0 Å². The van der Waals surface area contributed by atoms with Crippen molar-refractivity contribution in [1.82, 2.24) is 15.0 Å². The minimum atomic E-state index is -3.62. The zero-order chi connectivity index (χ0) is 22.4. The SMILES string of the molecule is O=C(CCNS(=O)(=O)C=Cc1ccccc1)NCc1ccc(-c2nc3ccccc3s2)o1. The quantitative estimate of drug-likeness (QED) is 0.385. The average Bonchev–Trinajstić information content (AvgIpc) is 3.44. The van der Waals surface area contributed by atoms with Crippen LogP contribution in [0.5, 0.6) is 0 Å². The van der Waals surface area contributed by atoms with Crippen molar-refractivity contribution in [3.05, 3.63) is 83.5 Å². The predicted octanol–water partition coefficient (Wildman–Crippen LogP) is 4.15. The fourth-order valence-corrected chi connectivity index (χ4v) is 4.67. The summed E-state index contributed by atoms with van der Waals surface area (Å²) in [5.41, 5.74) is 1.69. The van der Waals surface area contributed by atoms with E-state index in [4.69, 9.17) is 4.42 Å². The Balaban J connectivity index is 1.23. The number of para-hydroxylation sites is 1. The Morgan fingerprint density at radius 3 is 2.62 bits per heavy atom. The largest absolute Gasteiger partial charge is 0.457 e. The van der Waals surface area contributed by atoms with Gasteiger partial charge < -0.3 is 9.73 Å². The Kier molecular flexibility index (Phi) is 6.79. The van der Waals surface area contributed by atoms with E-state index < -0.39 is 10.0 Å². The zero-order valence-electron chi connectivity index (χ0n) is 17.0. The minimum Gasteiger partial charge on any atom is -0.457 e. The number of carbonyl (C=O) groups is 1. The summed E-state index contributed by atoms with van der Waals surface area (Å²) in [6, 6.07) is 20.6. The van der Waals surface area contributed by atoms with Crippen LogP contribution in [0.15, 0.2) is 76.6 Å². The summed E-state index contributed by atoms with van der Waals surface area (Å²) in [4.78, 5) is 16.6. The van der Waals surface area contributed by atoms with Gasteiger partial charge in [0.25, 0.3) is 0 Å². The molecule has 2 aromatic heterocycles. The van der Waals surface area contributed by atoms with E-state index in [0.29, 0.717) is 11.5 Å². The Bertz CT molecular complexity index is 1310. The number of hydrogen-bond donors (Lipinski definition) is 2. The number of sulfonamides is 1. The number of hydrogen-bond acceptors (Lipinski definition) is 6. The summed E-state index contributed by atoms with van der Waals surface area (Å²) in [6.07, 6.45) is 1.52. The molecule has 0 saturated heterocycles. The van der Waals surface area contributed by atoms with Crippen LogP contribution in [0.3, 0.4) is 0 Å². The molecule has 0 aliphatic carbocycles. The zero-order valence-corrected chi connectivity index (χ0v) is 18.7. The van der Waals surface area contributed by atoms with Crippen molar-refractivity contribution in [3.63, 3.8) is 0 Å². The van der Waals surface area contributed by atoms with Crippen molar-refractivity contribution in [2.24, 2.45) is 0 Å². The summed E-state index contributed by atoms with van der Waals surface area (Å²) < 4.78 is 33.3. The van der Waals surface area contributed by atoms with Gasteiger partial charge in [0.05, 0.1) is 16.8 Å². The number of amides is 1. The summed E-state index contributed by atoms with van der Waals surface area (Å²) in [5.74, 6) is 0.963. The van der Waals surface area contributed by atoms with Gasteiger partial charge >= 0.3 is 0 Å². The number of nitrogens with zero attached hydrogens (tertiary/aromatic N) is 1. The van der Waals surface area contributed by atoms with Crippen LogP contribution in [0.4, 0.5) is 0 Å². The lowest BCUT2D eigenvalue weighted by Gasteiger charge is -2.04. The molecule has 1 amide bonds. The lowest BCUT2D eigenvalue weighted by molar-refractivity contribution is -0.121. The van der Waals surface area contributed by atoms with Gasteiger partial charge in [-0.25, -0.2) is 18.1 Å². The number of fused-ring (bicyclic) bond motifs is 1. The second-order valence-electron chi connectivity index (χ2n) is 6.93. The lowest BCUT2D eigenvalue weighted by atomic mass is 10.2. The van der Waals surface area contributed by atoms with Gasteiger partial charge in [0.2, 0.25) is 15.9 Å². The van der Waals surface area contributed by atoms with Crippen molar-refractivity contribution in [3.8, 4) is 10.8 Å². The molecule has 164 valence electrons. The number of thiazole rings is 1. The predicted molar refractivity (Wildman–Crippen MR) is 126 cm³/mol. The smallest absolute Gasteiger partial charge is 0.233 e. The maximum atomic E-state index is 12.1. The molecule has 0 aliphatic heterocycles. The highest BCUT2D eigenvalue weighted by Gasteiger charge is 2.12. The second-order valence-corrected chi connectivity index (χ2v) is 9.61. The van der Waals surface area contributed by atoms with Crippen molar-refractivity contribution >= 4 is 43.6 Å². The lowest BCUT2D eigenvalue weighted by Crippen LogP contribution is -2.29. The molecule has 0 aliphatic rings. The van der Waals surface area contributed by atoms with Crippen LogP contribution >= 0.6 is 11.3 Å². The van der Waals surface area contributed by atoms with Crippen LogP contribution in [-0.2, 0) is 21.4 Å². The van der Waals surface area contributed by atoms with Crippen molar-refractivity contribution in [1.29, 1.82) is 0 Å². The molecule has 0 saturated carbocycles. The summed E-state index contributed by atoms with van der Waals surface area (Å²) >= 11 is 1.54. The highest BCUT2D eigenvalue weighted by atomic mass is 32.2. The first kappa shape index (κ1) is 21.9. The van der Waals surface area contributed by atoms with E-state index in [1.54, 1.807) is 29.5 Å². The molecule has 0 unspecified atom stereocenters. The van der Waals surface area contributed by atoms with Gasteiger partial charge in [-0.2, -0.15) is 0 Å². The molecular weight excluding hydrogens is 446 g/mol. The normalized spacial score (nSPS) is 11.9. The Morgan fingerprint density at radius 2 is 1.81 bits per heavy atom. The second kappa shape index (κ2) is 9.90. The molecule has 9 heteroatoms. The van der Waals surface area contributed by atoms with Crippen LogP contribution in [0.1, 0.15) is 17.7 Å². The standard InChI is InChI=1S/C23H21N3O4S2/c27-22(12-14-25-32(28,29)15-13-17-6-2-1-3-7-17)24-16-18-10-11-20(30-18)23-26-19-8-4-5-9-21(19)31-23/h1-11,13,15,25H,12,14,16H2,(H,24,27). The van der Waals surface area contributed by atoms with Crippen molar-refractivity contribution in [2.45, 2.75) is 13.0 Å². The molecule has 32 heavy (non-hydrogen) atoms. The Hall–Kier alpha value is -3.27. The molecule has 0 spiro atoms. The third kappa shape index (κ3) is 5.91. The highest BCUT2D eigenvalue weighted by molar-refractivity contribution is 7.92. The number of aromatic nitrogens is 1. The van der Waals surface area contributed by atoms with Gasteiger partial charge in [-0.05, 0) is 35.9 Å². The molecule has 2 aromatic carbocycles. The molecule has 0 atom stereocenters. The molecule has 0 bridgehead atoms. The molecule has 7 nitrogen and oxygen atoms in total. The highest BCUT2D eigenvalue weighted by Crippen LogP contribution is 2.31. The van der Waals surface area contributed by atoms with Crippen molar-refractivity contribution in [2.75, 3.05) is 6.54 Å². The number of carbonyl (C=O) groups excluding carboxylic acids is 1. The van der Waals surface area contributed by atoms with Gasteiger partial charge in [-0.15, -0.1) is 11.3 Å². The number of furan rings is 1. The van der Waals surface area contributed by atoms with Gasteiger partial charge in [0, 0.05) is 18.4 Å². The maximum Gasteiger partial charge on any atom is 0.233 e. The average molecular weight is 468 g/mol. The first-order valence-electron chi connectivity index (χ1n) is 9.93. The van der Waals surface area contributed by atoms with Crippen LogP contribution < -0.4 is 10.0 Å². The van der Waals surface area contributed by atoms with Crippen molar-refractivity contribution < 1.29 is 17.6 Å². The van der Waals surface area contributed by atoms with Gasteiger partial charge in [0.1, 0.15) is 5.76 Å². The number of benzene rings is 2. The van der Waals surface area contributed by atoms with Crippen LogP contribution in [0.25, 0.3) is 27.1 Å². The third-order valence-electron chi connectivity index (χ3n) is 4.52. The van der Waals surface area contributed by atoms with Gasteiger partial charge in [0.15, 0.2) is 10.8 Å². The van der Waals surface area contributed by atoms with Crippen LogP contribution in [-0.4, -0.2) is 25.9 Å². The monoisotopic (exact) mass is 467 g/mol. The van der Waals surface area contributed by atoms with Gasteiger partial charge in [-0.3, -0.25) is 4.79 Å². The third-order valence-corrected chi connectivity index (χ3v) is 6.67. The summed E-state index contributed by atoms with van der Waals surface area (Å²) in [6.45, 7) is 0.215. The molecule has 4 rings (SSSR count). The fourth-order valence-electron chi connectivity index (χ4n) is 2.93. The molecule has 2 N–H and O–H groups in total. The number of rotatable bonds is 9. The molecule has 0 fully saturated rings. The van der Waals surface area contributed by atoms with E-state index in [0.717, 1.165) is 26.2 Å². The first-order chi connectivity index (χ1) is 15.5. The van der Waals surface area contributed by atoms with E-state index in [2.05, 4.69) is 15.0 Å². The van der Waals surface area contributed by atoms with E-state index in [-0.39, 0.29) is 25.4 Å². The Labute approximate surface area is 189 Å². The number of nitrogens with one attached hydrogen (secondary N) is 2. The summed E-state index contributed by atoms with van der Waals surface area (Å²) in [7, 11) is -3.62. The molecular formula is C23H21N3O4S2. The van der Waals surface area contributed by atoms with E-state index in [1.165, 1.54) is 6.08 Å². The summed E-state index contributed by atoms with van der Waals surface area (Å²) in [5, 5.41) is 4.60. The molecule has 0 radical (unpaired) electrons.